The smallest absolute Gasteiger partial charge is 0.337 e. The van der Waals surface area contributed by atoms with Crippen molar-refractivity contribution in [2.24, 2.45) is 4.99 Å². The Morgan fingerprint density at radius 3 is 2.44 bits per heavy atom. The first-order valence-electron chi connectivity index (χ1n) is 12.2. The molecule has 11 heteroatoms. The number of benzene rings is 2. The molecule has 4 rings (SSSR count). The molecule has 0 saturated heterocycles. The number of methoxy groups -OCH3 is 3. The quantitative estimate of drug-likeness (QED) is 0.466. The first kappa shape index (κ1) is 27.8. The lowest BCUT2D eigenvalue weighted by molar-refractivity contribution is -0.139. The molecule has 2 aromatic rings. The van der Waals surface area contributed by atoms with E-state index in [0.717, 1.165) is 17.3 Å². The van der Waals surface area contributed by atoms with Crippen molar-refractivity contribution in [1.82, 2.24) is 4.90 Å². The van der Waals surface area contributed by atoms with Crippen molar-refractivity contribution in [3.63, 3.8) is 0 Å². The third-order valence-corrected chi connectivity index (χ3v) is 7.16. The minimum atomic E-state index is -0.750. The molecular weight excluding hydrogens is 522 g/mol. The SMILES string of the molecule is CCOC(=O)C1=C(C)N=C2SC(C(=O)Nc3ccc(OC)cc3)=CC(=O)N2[C@H]1Cc1cccc(OC)c1OC. The van der Waals surface area contributed by atoms with E-state index in [2.05, 4.69) is 10.3 Å². The van der Waals surface area contributed by atoms with Crippen LogP contribution in [0.15, 0.2) is 69.7 Å². The highest BCUT2D eigenvalue weighted by molar-refractivity contribution is 8.18. The monoisotopic (exact) mass is 551 g/mol. The Labute approximate surface area is 230 Å². The number of nitrogens with one attached hydrogen (secondary N) is 1. The molecule has 39 heavy (non-hydrogen) atoms. The summed E-state index contributed by atoms with van der Waals surface area (Å²) < 4.78 is 21.5. The predicted octanol–water partition coefficient (Wildman–Crippen LogP) is 3.93. The van der Waals surface area contributed by atoms with E-state index in [1.54, 1.807) is 51.3 Å². The molecule has 1 N–H and O–H groups in total. The fourth-order valence-electron chi connectivity index (χ4n) is 4.38. The molecule has 2 aromatic carbocycles. The molecule has 2 heterocycles. The second-order valence-electron chi connectivity index (χ2n) is 8.49. The number of carbonyl (C=O) groups is 3. The van der Waals surface area contributed by atoms with Crippen LogP contribution in [0.25, 0.3) is 0 Å². The Bertz CT molecular complexity index is 1380. The molecule has 0 fully saturated rings. The topological polar surface area (TPSA) is 116 Å². The van der Waals surface area contributed by atoms with Crippen LogP contribution in [0.2, 0.25) is 0 Å². The van der Waals surface area contributed by atoms with E-state index in [-0.39, 0.29) is 23.5 Å². The standard InChI is InChI=1S/C28H29N3O7S/c1-6-38-27(34)24-16(2)29-28-31(20(24)14-17-8-7-9-21(36-4)25(17)37-5)23(32)15-22(39-28)26(33)30-18-10-12-19(35-3)13-11-18/h7-13,15,20H,6,14H2,1-5H3,(H,30,33)/t20-/m0/s1. The van der Waals surface area contributed by atoms with E-state index in [0.29, 0.717) is 33.8 Å². The van der Waals surface area contributed by atoms with Crippen LogP contribution in [-0.2, 0) is 25.5 Å². The minimum absolute atomic E-state index is 0.166. The van der Waals surface area contributed by atoms with Gasteiger partial charge >= 0.3 is 5.97 Å². The average molecular weight is 552 g/mol. The number of amidine groups is 1. The maximum absolute atomic E-state index is 13.5. The highest BCUT2D eigenvalue weighted by atomic mass is 32.2. The number of hydrogen-bond donors (Lipinski definition) is 1. The molecule has 0 saturated carbocycles. The van der Waals surface area contributed by atoms with Crippen molar-refractivity contribution in [3.8, 4) is 17.2 Å². The highest BCUT2D eigenvalue weighted by Gasteiger charge is 2.42. The number of para-hydroxylation sites is 1. The fraction of sp³-hybridized carbons (Fsp3) is 0.286. The summed E-state index contributed by atoms with van der Waals surface area (Å²) in [7, 11) is 4.62. The number of amides is 2. The molecule has 0 aromatic heterocycles. The summed E-state index contributed by atoms with van der Waals surface area (Å²) >= 11 is 1.05. The average Bonchev–Trinajstić information content (AvgIpc) is 2.92. The summed E-state index contributed by atoms with van der Waals surface area (Å²) in [6.45, 7) is 3.57. The van der Waals surface area contributed by atoms with Crippen LogP contribution in [0.5, 0.6) is 17.2 Å². The van der Waals surface area contributed by atoms with Crippen LogP contribution < -0.4 is 19.5 Å². The third-order valence-electron chi connectivity index (χ3n) is 6.16. The summed E-state index contributed by atoms with van der Waals surface area (Å²) in [5.74, 6) is 0.180. The van der Waals surface area contributed by atoms with E-state index in [1.807, 2.05) is 12.1 Å². The van der Waals surface area contributed by atoms with Crippen LogP contribution in [-0.4, -0.2) is 61.8 Å². The van der Waals surface area contributed by atoms with Gasteiger partial charge in [0.1, 0.15) is 5.75 Å². The minimum Gasteiger partial charge on any atom is -0.497 e. The van der Waals surface area contributed by atoms with Gasteiger partial charge in [-0.15, -0.1) is 0 Å². The number of allylic oxidation sites excluding steroid dienone is 1. The van der Waals surface area contributed by atoms with Gasteiger partial charge in [-0.2, -0.15) is 0 Å². The molecule has 0 aliphatic carbocycles. The molecule has 2 aliphatic rings. The Morgan fingerprint density at radius 1 is 1.05 bits per heavy atom. The number of fused-ring (bicyclic) bond motifs is 1. The van der Waals surface area contributed by atoms with Gasteiger partial charge in [-0.3, -0.25) is 14.5 Å². The molecule has 2 aliphatic heterocycles. The van der Waals surface area contributed by atoms with E-state index >= 15 is 0 Å². The Balaban J connectivity index is 1.69. The van der Waals surface area contributed by atoms with E-state index < -0.39 is 23.8 Å². The maximum Gasteiger partial charge on any atom is 0.337 e. The fourth-order valence-corrected chi connectivity index (χ4v) is 5.38. The van der Waals surface area contributed by atoms with Crippen molar-refractivity contribution in [3.05, 3.63) is 70.3 Å². The Hall–Kier alpha value is -4.25. The van der Waals surface area contributed by atoms with Crippen molar-refractivity contribution >= 4 is 40.4 Å². The number of nitrogens with zero attached hydrogens (tertiary/aromatic N) is 2. The van der Waals surface area contributed by atoms with Crippen LogP contribution in [0.1, 0.15) is 19.4 Å². The second kappa shape index (κ2) is 12.1. The van der Waals surface area contributed by atoms with Gasteiger partial charge in [-0.05, 0) is 55.9 Å². The molecule has 0 radical (unpaired) electrons. The molecule has 0 unspecified atom stereocenters. The first-order valence-corrected chi connectivity index (χ1v) is 13.0. The number of hydrogen-bond acceptors (Lipinski definition) is 9. The molecule has 0 bridgehead atoms. The molecule has 0 spiro atoms. The van der Waals surface area contributed by atoms with Gasteiger partial charge in [0.25, 0.3) is 11.8 Å². The molecule has 204 valence electrons. The van der Waals surface area contributed by atoms with E-state index in [4.69, 9.17) is 18.9 Å². The number of rotatable bonds is 9. The maximum atomic E-state index is 13.5. The lowest BCUT2D eigenvalue weighted by Crippen LogP contribution is -2.50. The molecule has 1 atom stereocenters. The summed E-state index contributed by atoms with van der Waals surface area (Å²) in [4.78, 5) is 45.7. The number of carbonyl (C=O) groups excluding carboxylic acids is 3. The predicted molar refractivity (Wildman–Crippen MR) is 148 cm³/mol. The molecular formula is C28H29N3O7S. The zero-order valence-electron chi connectivity index (χ0n) is 22.3. The van der Waals surface area contributed by atoms with Crippen LogP contribution in [0.4, 0.5) is 5.69 Å². The number of thioether (sulfide) groups is 1. The summed E-state index contributed by atoms with van der Waals surface area (Å²) in [5.41, 5.74) is 1.94. The number of ether oxygens (including phenoxy) is 4. The Kier molecular flexibility index (Phi) is 8.60. The van der Waals surface area contributed by atoms with Crippen molar-refractivity contribution < 1.29 is 33.3 Å². The normalized spacial score (nSPS) is 16.6. The lowest BCUT2D eigenvalue weighted by atomic mass is 9.94. The van der Waals surface area contributed by atoms with Crippen LogP contribution in [0.3, 0.4) is 0 Å². The van der Waals surface area contributed by atoms with Gasteiger partial charge in [0.05, 0.1) is 50.2 Å². The van der Waals surface area contributed by atoms with Crippen LogP contribution in [0, 0.1) is 0 Å². The molecule has 10 nitrogen and oxygen atoms in total. The van der Waals surface area contributed by atoms with Gasteiger partial charge in [0.2, 0.25) is 0 Å². The van der Waals surface area contributed by atoms with Crippen molar-refractivity contribution in [2.75, 3.05) is 33.3 Å². The van der Waals surface area contributed by atoms with Crippen LogP contribution >= 0.6 is 11.8 Å². The summed E-state index contributed by atoms with van der Waals surface area (Å²) in [5, 5.41) is 3.08. The van der Waals surface area contributed by atoms with Gasteiger partial charge in [0.15, 0.2) is 16.7 Å². The highest BCUT2D eigenvalue weighted by Crippen LogP contribution is 2.39. The van der Waals surface area contributed by atoms with Gasteiger partial charge < -0.3 is 24.3 Å². The number of aliphatic imine (C=N–C) groups is 1. The van der Waals surface area contributed by atoms with E-state index in [9.17, 15) is 14.4 Å². The van der Waals surface area contributed by atoms with Crippen molar-refractivity contribution in [2.45, 2.75) is 26.3 Å². The second-order valence-corrected chi connectivity index (χ2v) is 9.50. The number of anilines is 1. The first-order chi connectivity index (χ1) is 18.8. The third kappa shape index (κ3) is 5.78. The largest absolute Gasteiger partial charge is 0.497 e. The lowest BCUT2D eigenvalue weighted by Gasteiger charge is -2.38. The van der Waals surface area contributed by atoms with Gasteiger partial charge in [-0.1, -0.05) is 12.1 Å². The van der Waals surface area contributed by atoms with Crippen molar-refractivity contribution in [1.29, 1.82) is 0 Å². The zero-order chi connectivity index (χ0) is 28.1. The number of esters is 1. The zero-order valence-corrected chi connectivity index (χ0v) is 23.1. The summed E-state index contributed by atoms with van der Waals surface area (Å²) in [6, 6.07) is 11.5. The van der Waals surface area contributed by atoms with Gasteiger partial charge in [-0.25, -0.2) is 9.79 Å². The van der Waals surface area contributed by atoms with Gasteiger partial charge in [0, 0.05) is 23.7 Å². The van der Waals surface area contributed by atoms with E-state index in [1.165, 1.54) is 25.2 Å². The summed E-state index contributed by atoms with van der Waals surface area (Å²) in [6.07, 6.45) is 1.47. The Morgan fingerprint density at radius 2 is 1.79 bits per heavy atom. The molecule has 2 amide bonds.